The van der Waals surface area contributed by atoms with Crippen LogP contribution in [0.2, 0.25) is 0 Å². The molecule has 0 radical (unpaired) electrons. The van der Waals surface area contributed by atoms with Gasteiger partial charge >= 0.3 is 0 Å². The minimum absolute atomic E-state index is 0.0171. The molecular weight excluding hydrogens is 318 g/mol. The predicted molar refractivity (Wildman–Crippen MR) is 77.3 cm³/mol. The number of amides is 1. The van der Waals surface area contributed by atoms with Crippen molar-refractivity contribution in [1.82, 2.24) is 5.32 Å². The first-order valence-corrected chi connectivity index (χ1v) is 8.62. The van der Waals surface area contributed by atoms with Crippen molar-refractivity contribution in [3.05, 3.63) is 23.8 Å². The molecule has 6 nitrogen and oxygen atoms in total. The Hall–Kier alpha value is -1.31. The van der Waals surface area contributed by atoms with Crippen LogP contribution in [0.5, 0.6) is 5.75 Å². The number of ether oxygens (including phenoxy) is 2. The maximum absolute atomic E-state index is 12.2. The third-order valence-electron chi connectivity index (χ3n) is 3.46. The molecule has 0 aromatic heterocycles. The van der Waals surface area contributed by atoms with E-state index in [1.54, 1.807) is 7.11 Å². The average molecular weight is 334 g/mol. The lowest BCUT2D eigenvalue weighted by atomic mass is 9.89. The van der Waals surface area contributed by atoms with Gasteiger partial charge < -0.3 is 14.8 Å². The van der Waals surface area contributed by atoms with Crippen molar-refractivity contribution < 1.29 is 22.7 Å². The van der Waals surface area contributed by atoms with Gasteiger partial charge in [-0.05, 0) is 31.0 Å². The number of benzene rings is 1. The Balaban J connectivity index is 2.19. The molecule has 8 heteroatoms. The second-order valence-electron chi connectivity index (χ2n) is 4.80. The van der Waals surface area contributed by atoms with E-state index < -0.39 is 15.0 Å². The molecule has 1 aliphatic carbocycles. The van der Waals surface area contributed by atoms with Gasteiger partial charge in [-0.1, -0.05) is 0 Å². The van der Waals surface area contributed by atoms with Crippen LogP contribution < -0.4 is 10.1 Å². The molecule has 1 amide bonds. The summed E-state index contributed by atoms with van der Waals surface area (Å²) in [6, 6.07) is 3.93. The van der Waals surface area contributed by atoms with Crippen LogP contribution in [0.3, 0.4) is 0 Å². The lowest BCUT2D eigenvalue weighted by Crippen LogP contribution is -2.47. The highest BCUT2D eigenvalue weighted by Crippen LogP contribution is 2.27. The first-order valence-electron chi connectivity index (χ1n) is 6.31. The molecule has 1 saturated carbocycles. The monoisotopic (exact) mass is 333 g/mol. The number of carbonyl (C=O) groups is 1. The zero-order valence-corrected chi connectivity index (χ0v) is 13.2. The van der Waals surface area contributed by atoms with E-state index in [0.29, 0.717) is 5.75 Å². The second-order valence-corrected chi connectivity index (χ2v) is 7.37. The van der Waals surface area contributed by atoms with E-state index in [2.05, 4.69) is 5.32 Å². The van der Waals surface area contributed by atoms with Crippen LogP contribution >= 0.6 is 10.7 Å². The van der Waals surface area contributed by atoms with Gasteiger partial charge in [0, 0.05) is 23.8 Å². The summed E-state index contributed by atoms with van der Waals surface area (Å²) in [4.78, 5) is 12.1. The quantitative estimate of drug-likeness (QED) is 0.826. The van der Waals surface area contributed by atoms with E-state index in [-0.39, 0.29) is 22.6 Å². The van der Waals surface area contributed by atoms with Crippen LogP contribution in [0.1, 0.15) is 23.2 Å². The molecule has 21 heavy (non-hydrogen) atoms. The molecule has 1 aromatic rings. The standard InChI is InChI=1S/C13H16ClNO5S/c1-19-9-5-8(6-9)15-13(16)11-7-10(21(14,17)18)3-4-12(11)20-2/h3-4,7-9H,5-6H2,1-2H3,(H,15,16). The molecule has 0 unspecified atom stereocenters. The van der Waals surface area contributed by atoms with Gasteiger partial charge in [0.2, 0.25) is 0 Å². The zero-order chi connectivity index (χ0) is 15.6. The molecule has 0 aliphatic heterocycles. The van der Waals surface area contributed by atoms with E-state index in [9.17, 15) is 13.2 Å². The summed E-state index contributed by atoms with van der Waals surface area (Å²) >= 11 is 0. The maximum Gasteiger partial charge on any atom is 0.261 e. The lowest BCUT2D eigenvalue weighted by Gasteiger charge is -2.34. The molecule has 0 heterocycles. The van der Waals surface area contributed by atoms with E-state index in [0.717, 1.165) is 12.8 Å². The Kier molecular flexibility index (Phi) is 4.75. The SMILES string of the molecule is COc1ccc(S(=O)(=O)Cl)cc1C(=O)NC1CC(OC)C1. The Morgan fingerprint density at radius 2 is 2.00 bits per heavy atom. The number of carbonyl (C=O) groups excluding carboxylic acids is 1. The first-order chi connectivity index (χ1) is 9.85. The van der Waals surface area contributed by atoms with E-state index >= 15 is 0 Å². The van der Waals surface area contributed by atoms with Gasteiger partial charge in [0.1, 0.15) is 5.75 Å². The summed E-state index contributed by atoms with van der Waals surface area (Å²) in [5.41, 5.74) is 0.139. The van der Waals surface area contributed by atoms with Crippen molar-refractivity contribution in [3.8, 4) is 5.75 Å². The Bertz CT molecular complexity index is 640. The molecule has 1 fully saturated rings. The summed E-state index contributed by atoms with van der Waals surface area (Å²) in [5.74, 6) is -0.104. The molecule has 0 atom stereocenters. The highest BCUT2D eigenvalue weighted by atomic mass is 35.7. The summed E-state index contributed by atoms with van der Waals surface area (Å²) in [6.07, 6.45) is 1.63. The summed E-state index contributed by atoms with van der Waals surface area (Å²) < 4.78 is 32.9. The van der Waals surface area contributed by atoms with E-state index in [4.69, 9.17) is 20.2 Å². The van der Waals surface area contributed by atoms with Gasteiger partial charge in [-0.2, -0.15) is 0 Å². The third kappa shape index (κ3) is 3.66. The topological polar surface area (TPSA) is 81.7 Å². The van der Waals surface area contributed by atoms with Gasteiger partial charge in [-0.15, -0.1) is 0 Å². The largest absolute Gasteiger partial charge is 0.496 e. The Morgan fingerprint density at radius 1 is 1.33 bits per heavy atom. The number of nitrogens with one attached hydrogen (secondary N) is 1. The fraction of sp³-hybridized carbons (Fsp3) is 0.462. The minimum atomic E-state index is -3.90. The van der Waals surface area contributed by atoms with Crippen molar-refractivity contribution >= 4 is 25.6 Å². The highest BCUT2D eigenvalue weighted by Gasteiger charge is 2.31. The minimum Gasteiger partial charge on any atom is -0.496 e. The third-order valence-corrected chi connectivity index (χ3v) is 4.81. The smallest absolute Gasteiger partial charge is 0.261 e. The zero-order valence-electron chi connectivity index (χ0n) is 11.6. The van der Waals surface area contributed by atoms with Crippen LogP contribution in [0, 0.1) is 0 Å². The van der Waals surface area contributed by atoms with Crippen molar-refractivity contribution in [2.75, 3.05) is 14.2 Å². The van der Waals surface area contributed by atoms with Crippen molar-refractivity contribution in [3.63, 3.8) is 0 Å². The van der Waals surface area contributed by atoms with E-state index in [1.165, 1.54) is 25.3 Å². The molecule has 1 N–H and O–H groups in total. The molecular formula is C13H16ClNO5S. The van der Waals surface area contributed by atoms with Gasteiger partial charge in [0.05, 0.1) is 23.7 Å². The molecule has 0 saturated heterocycles. The number of rotatable bonds is 5. The number of hydrogen-bond acceptors (Lipinski definition) is 5. The van der Waals surface area contributed by atoms with Crippen LogP contribution in [-0.2, 0) is 13.8 Å². The predicted octanol–water partition coefficient (Wildman–Crippen LogP) is 1.53. The number of halogens is 1. The Labute approximate surface area is 127 Å². The lowest BCUT2D eigenvalue weighted by molar-refractivity contribution is 0.0176. The fourth-order valence-electron chi connectivity index (χ4n) is 2.16. The summed E-state index contributed by atoms with van der Waals surface area (Å²) in [5, 5.41) is 2.81. The maximum atomic E-state index is 12.2. The number of methoxy groups -OCH3 is 2. The molecule has 116 valence electrons. The van der Waals surface area contributed by atoms with Crippen molar-refractivity contribution in [1.29, 1.82) is 0 Å². The van der Waals surface area contributed by atoms with Gasteiger partial charge in [0.15, 0.2) is 0 Å². The van der Waals surface area contributed by atoms with Gasteiger partial charge in [-0.3, -0.25) is 4.79 Å². The van der Waals surface area contributed by atoms with E-state index in [1.807, 2.05) is 0 Å². The molecule has 1 aromatic carbocycles. The van der Waals surface area contributed by atoms with Crippen LogP contribution in [0.4, 0.5) is 0 Å². The molecule has 0 spiro atoms. The van der Waals surface area contributed by atoms with Gasteiger partial charge in [0.25, 0.3) is 15.0 Å². The average Bonchev–Trinajstić information content (AvgIpc) is 2.40. The van der Waals surface area contributed by atoms with Crippen molar-refractivity contribution in [2.24, 2.45) is 0 Å². The van der Waals surface area contributed by atoms with Crippen LogP contribution in [-0.4, -0.2) is 40.7 Å². The molecule has 0 bridgehead atoms. The van der Waals surface area contributed by atoms with Crippen LogP contribution in [0.25, 0.3) is 0 Å². The normalized spacial score (nSPS) is 21.5. The van der Waals surface area contributed by atoms with Crippen LogP contribution in [0.15, 0.2) is 23.1 Å². The number of hydrogen-bond donors (Lipinski definition) is 1. The molecule has 2 rings (SSSR count). The Morgan fingerprint density at radius 3 is 2.52 bits per heavy atom. The summed E-state index contributed by atoms with van der Waals surface area (Å²) in [7, 11) is 4.43. The first kappa shape index (κ1) is 16.1. The molecule has 1 aliphatic rings. The summed E-state index contributed by atoms with van der Waals surface area (Å²) in [6.45, 7) is 0. The second kappa shape index (κ2) is 6.21. The van der Waals surface area contributed by atoms with Gasteiger partial charge in [-0.25, -0.2) is 8.42 Å². The fourth-order valence-corrected chi connectivity index (χ4v) is 2.93. The van der Waals surface area contributed by atoms with Crippen molar-refractivity contribution in [2.45, 2.75) is 29.9 Å². The highest BCUT2D eigenvalue weighted by molar-refractivity contribution is 8.13.